The van der Waals surface area contributed by atoms with Crippen LogP contribution in [0.3, 0.4) is 0 Å². The van der Waals surface area contributed by atoms with Gasteiger partial charge in [-0.05, 0) is 20.8 Å². The molecular weight excluding hydrogens is 305 g/mol. The first kappa shape index (κ1) is 17.8. The van der Waals surface area contributed by atoms with E-state index in [2.05, 4.69) is 15.7 Å². The highest BCUT2D eigenvalue weighted by molar-refractivity contribution is 5.91. The molecule has 1 rings (SSSR count). The van der Waals surface area contributed by atoms with Gasteiger partial charge in [-0.25, -0.2) is 4.79 Å². The van der Waals surface area contributed by atoms with E-state index in [9.17, 15) is 22.8 Å². The first-order chi connectivity index (χ1) is 9.99. The van der Waals surface area contributed by atoms with E-state index in [-0.39, 0.29) is 13.0 Å². The minimum atomic E-state index is -4.64. The van der Waals surface area contributed by atoms with E-state index in [0.717, 1.165) is 6.20 Å². The maximum Gasteiger partial charge on any atom is 0.434 e. The number of aromatic amines is 1. The Morgan fingerprint density at radius 2 is 1.95 bits per heavy atom. The number of hydrogen-bond acceptors (Lipinski definition) is 4. The topological polar surface area (TPSA) is 96.1 Å². The van der Waals surface area contributed by atoms with Crippen molar-refractivity contribution in [1.82, 2.24) is 15.5 Å². The molecule has 0 fully saturated rings. The molecule has 3 N–H and O–H groups in total. The van der Waals surface area contributed by atoms with Crippen LogP contribution in [-0.4, -0.2) is 34.3 Å². The lowest BCUT2D eigenvalue weighted by molar-refractivity contribution is -0.140. The number of anilines is 1. The van der Waals surface area contributed by atoms with Crippen molar-refractivity contribution >= 4 is 17.7 Å². The van der Waals surface area contributed by atoms with E-state index >= 15 is 0 Å². The Morgan fingerprint density at radius 1 is 1.32 bits per heavy atom. The Labute approximate surface area is 124 Å². The monoisotopic (exact) mass is 322 g/mol. The number of alkyl carbamates (subject to hydrolysis) is 1. The number of nitrogens with one attached hydrogen (secondary N) is 3. The van der Waals surface area contributed by atoms with Crippen LogP contribution in [0.15, 0.2) is 6.20 Å². The average Bonchev–Trinajstić information content (AvgIpc) is 2.73. The number of alkyl halides is 3. The zero-order valence-electron chi connectivity index (χ0n) is 12.3. The second kappa shape index (κ2) is 6.67. The lowest BCUT2D eigenvalue weighted by Crippen LogP contribution is -2.34. The van der Waals surface area contributed by atoms with Crippen molar-refractivity contribution in [3.8, 4) is 0 Å². The number of H-pyrrole nitrogens is 1. The standard InChI is InChI=1S/C12H17F3N4O3/c1-11(2,3)22-10(21)16-5-4-8(20)18-7-6-17-19-9(7)12(13,14)15/h6H,4-5H2,1-3H3,(H,16,21)(H,17,19)(H,18,20). The lowest BCUT2D eigenvalue weighted by atomic mass is 10.2. The van der Waals surface area contributed by atoms with Gasteiger partial charge in [0.2, 0.25) is 5.91 Å². The number of rotatable bonds is 4. The van der Waals surface area contributed by atoms with Gasteiger partial charge in [-0.1, -0.05) is 0 Å². The Kier molecular flexibility index (Phi) is 5.39. The van der Waals surface area contributed by atoms with E-state index in [0.29, 0.717) is 0 Å². The van der Waals surface area contributed by atoms with Gasteiger partial charge in [-0.3, -0.25) is 9.89 Å². The van der Waals surface area contributed by atoms with Crippen LogP contribution in [0, 0.1) is 0 Å². The van der Waals surface area contributed by atoms with Crippen molar-refractivity contribution in [2.24, 2.45) is 0 Å². The quantitative estimate of drug-likeness (QED) is 0.792. The third kappa shape index (κ3) is 6.02. The van der Waals surface area contributed by atoms with Crippen molar-refractivity contribution in [2.75, 3.05) is 11.9 Å². The Balaban J connectivity index is 2.42. The molecule has 0 radical (unpaired) electrons. The molecule has 0 aliphatic rings. The van der Waals surface area contributed by atoms with Gasteiger partial charge in [0.05, 0.1) is 11.9 Å². The number of amides is 2. The Bertz CT molecular complexity index is 534. The van der Waals surface area contributed by atoms with Crippen molar-refractivity contribution in [3.05, 3.63) is 11.9 Å². The summed E-state index contributed by atoms with van der Waals surface area (Å²) < 4.78 is 42.6. The molecule has 0 saturated heterocycles. The SMILES string of the molecule is CC(C)(C)OC(=O)NCCC(=O)Nc1cn[nH]c1C(F)(F)F. The molecule has 0 aromatic carbocycles. The molecule has 22 heavy (non-hydrogen) atoms. The summed E-state index contributed by atoms with van der Waals surface area (Å²) in [7, 11) is 0. The average molecular weight is 322 g/mol. The normalized spacial score (nSPS) is 11.9. The fourth-order valence-electron chi connectivity index (χ4n) is 1.40. The van der Waals surface area contributed by atoms with Crippen LogP contribution in [0.4, 0.5) is 23.7 Å². The van der Waals surface area contributed by atoms with Crippen molar-refractivity contribution in [2.45, 2.75) is 39.0 Å². The molecule has 0 aliphatic carbocycles. The zero-order chi connectivity index (χ0) is 17.0. The van der Waals surface area contributed by atoms with E-state index in [1.807, 2.05) is 0 Å². The molecule has 0 spiro atoms. The molecule has 0 aliphatic heterocycles. The van der Waals surface area contributed by atoms with E-state index < -0.39 is 35.2 Å². The zero-order valence-corrected chi connectivity index (χ0v) is 12.3. The second-order valence-corrected chi connectivity index (χ2v) is 5.38. The largest absolute Gasteiger partial charge is 0.444 e. The van der Waals surface area contributed by atoms with Gasteiger partial charge in [0.1, 0.15) is 5.60 Å². The number of ether oxygens (including phenoxy) is 1. The number of halogens is 3. The smallest absolute Gasteiger partial charge is 0.434 e. The molecule has 10 heteroatoms. The number of hydrogen-bond donors (Lipinski definition) is 3. The first-order valence-corrected chi connectivity index (χ1v) is 6.36. The molecule has 0 saturated carbocycles. The van der Waals surface area contributed by atoms with Crippen LogP contribution in [-0.2, 0) is 15.7 Å². The van der Waals surface area contributed by atoms with Gasteiger partial charge < -0.3 is 15.4 Å². The van der Waals surface area contributed by atoms with Crippen LogP contribution < -0.4 is 10.6 Å². The predicted octanol–water partition coefficient (Wildman–Crippen LogP) is 2.28. The van der Waals surface area contributed by atoms with Crippen molar-refractivity contribution in [3.63, 3.8) is 0 Å². The third-order valence-corrected chi connectivity index (χ3v) is 2.22. The minimum Gasteiger partial charge on any atom is -0.444 e. The highest BCUT2D eigenvalue weighted by Crippen LogP contribution is 2.32. The lowest BCUT2D eigenvalue weighted by Gasteiger charge is -2.19. The third-order valence-electron chi connectivity index (χ3n) is 2.22. The number of aromatic nitrogens is 2. The minimum absolute atomic E-state index is 0.0695. The number of carbonyl (C=O) groups is 2. The first-order valence-electron chi connectivity index (χ1n) is 6.36. The molecule has 1 aromatic rings. The molecule has 1 aromatic heterocycles. The molecule has 124 valence electrons. The number of carbonyl (C=O) groups excluding carboxylic acids is 2. The molecule has 0 unspecified atom stereocenters. The highest BCUT2D eigenvalue weighted by Gasteiger charge is 2.36. The summed E-state index contributed by atoms with van der Waals surface area (Å²) in [6.45, 7) is 4.96. The van der Waals surface area contributed by atoms with Crippen molar-refractivity contribution in [1.29, 1.82) is 0 Å². The number of nitrogens with zero attached hydrogens (tertiary/aromatic N) is 1. The predicted molar refractivity (Wildman–Crippen MR) is 71.1 cm³/mol. The molecule has 0 atom stereocenters. The van der Waals surface area contributed by atoms with Gasteiger partial charge in [-0.15, -0.1) is 0 Å². The second-order valence-electron chi connectivity index (χ2n) is 5.38. The Morgan fingerprint density at radius 3 is 2.50 bits per heavy atom. The summed E-state index contributed by atoms with van der Waals surface area (Å²) in [6.07, 6.45) is -4.70. The van der Waals surface area contributed by atoms with E-state index in [1.54, 1.807) is 25.9 Å². The molecular formula is C12H17F3N4O3. The molecule has 2 amide bonds. The molecule has 1 heterocycles. The van der Waals surface area contributed by atoms with Gasteiger partial charge in [-0.2, -0.15) is 18.3 Å². The summed E-state index contributed by atoms with van der Waals surface area (Å²) in [4.78, 5) is 22.9. The molecule has 7 nitrogen and oxygen atoms in total. The summed E-state index contributed by atoms with van der Waals surface area (Å²) in [6, 6.07) is 0. The summed E-state index contributed by atoms with van der Waals surface area (Å²) >= 11 is 0. The maximum atomic E-state index is 12.6. The summed E-state index contributed by atoms with van der Waals surface area (Å²) in [5, 5.41) is 9.41. The van der Waals surface area contributed by atoms with E-state index in [4.69, 9.17) is 4.74 Å². The van der Waals surface area contributed by atoms with Gasteiger partial charge in [0.15, 0.2) is 5.69 Å². The van der Waals surface area contributed by atoms with Crippen LogP contribution in [0.2, 0.25) is 0 Å². The van der Waals surface area contributed by atoms with Crippen molar-refractivity contribution < 1.29 is 27.5 Å². The van der Waals surface area contributed by atoms with Crippen LogP contribution >= 0.6 is 0 Å². The van der Waals surface area contributed by atoms with Crippen LogP contribution in [0.25, 0.3) is 0 Å². The summed E-state index contributed by atoms with van der Waals surface area (Å²) in [5.74, 6) is -0.692. The maximum absolute atomic E-state index is 12.6. The Hall–Kier alpha value is -2.26. The fraction of sp³-hybridized carbons (Fsp3) is 0.583. The van der Waals surface area contributed by atoms with Gasteiger partial charge in [0.25, 0.3) is 0 Å². The van der Waals surface area contributed by atoms with Crippen LogP contribution in [0.1, 0.15) is 32.9 Å². The highest BCUT2D eigenvalue weighted by atomic mass is 19.4. The summed E-state index contributed by atoms with van der Waals surface area (Å²) in [5.41, 5.74) is -2.28. The van der Waals surface area contributed by atoms with Gasteiger partial charge >= 0.3 is 12.3 Å². The van der Waals surface area contributed by atoms with Gasteiger partial charge in [0, 0.05) is 13.0 Å². The molecule has 0 bridgehead atoms. The van der Waals surface area contributed by atoms with E-state index in [1.165, 1.54) is 0 Å². The fourth-order valence-corrected chi connectivity index (χ4v) is 1.40. The van der Waals surface area contributed by atoms with Crippen LogP contribution in [0.5, 0.6) is 0 Å².